The fourth-order valence-corrected chi connectivity index (χ4v) is 5.90. The number of para-hydroxylation sites is 1. The Morgan fingerprint density at radius 3 is 2.26 bits per heavy atom. The minimum absolute atomic E-state index is 0.157. The van der Waals surface area contributed by atoms with E-state index in [1.165, 1.54) is 35.7 Å². The molecule has 0 saturated carbocycles. The van der Waals surface area contributed by atoms with E-state index in [2.05, 4.69) is 90.7 Å². The van der Waals surface area contributed by atoms with E-state index < -0.39 is 0 Å². The molecule has 0 unspecified atom stereocenters. The van der Waals surface area contributed by atoms with Gasteiger partial charge in [-0.15, -0.1) is 0 Å². The lowest BCUT2D eigenvalue weighted by molar-refractivity contribution is -0.114. The lowest BCUT2D eigenvalue weighted by Crippen LogP contribution is -2.48. The zero-order valence-electron chi connectivity index (χ0n) is 21.5. The average molecular weight is 537 g/mol. The highest BCUT2D eigenvalue weighted by atomic mass is 32.1. The highest BCUT2D eigenvalue weighted by Crippen LogP contribution is 2.35. The van der Waals surface area contributed by atoms with Gasteiger partial charge in [-0.2, -0.15) is 0 Å². The number of nitrogens with zero attached hydrogens (tertiary/aromatic N) is 5. The first-order valence-corrected chi connectivity index (χ1v) is 13.7. The number of fused-ring (bicyclic) bond motifs is 1. The van der Waals surface area contributed by atoms with E-state index in [1.807, 2.05) is 24.3 Å². The third-order valence-corrected chi connectivity index (χ3v) is 7.68. The summed E-state index contributed by atoms with van der Waals surface area (Å²) in [6.07, 6.45) is 1.54. The van der Waals surface area contributed by atoms with Crippen LogP contribution in [0.4, 0.5) is 10.9 Å². The number of benzene rings is 3. The van der Waals surface area contributed by atoms with Crippen LogP contribution in [-0.2, 0) is 4.79 Å². The Morgan fingerprint density at radius 2 is 1.59 bits per heavy atom. The fourth-order valence-electron chi connectivity index (χ4n) is 4.97. The first-order valence-electron chi connectivity index (χ1n) is 12.9. The minimum Gasteiger partial charge on any atom is -0.437 e. The van der Waals surface area contributed by atoms with E-state index in [9.17, 15) is 4.79 Å². The minimum atomic E-state index is -0.157. The number of thiazole rings is 1. The second-order valence-corrected chi connectivity index (χ2v) is 10.4. The lowest BCUT2D eigenvalue weighted by atomic mass is 9.96. The third-order valence-electron chi connectivity index (χ3n) is 6.74. The summed E-state index contributed by atoms with van der Waals surface area (Å²) >= 11 is 1.41. The number of carbonyl (C=O) groups is 1. The highest BCUT2D eigenvalue weighted by Gasteiger charge is 2.27. The van der Waals surface area contributed by atoms with Gasteiger partial charge in [0.1, 0.15) is 17.7 Å². The van der Waals surface area contributed by atoms with Crippen molar-refractivity contribution in [1.82, 2.24) is 19.9 Å². The molecule has 0 atom stereocenters. The van der Waals surface area contributed by atoms with E-state index in [1.54, 1.807) is 0 Å². The molecule has 39 heavy (non-hydrogen) atoms. The second kappa shape index (κ2) is 11.2. The molecule has 5 aromatic rings. The molecule has 2 aromatic heterocycles. The van der Waals surface area contributed by atoms with Crippen LogP contribution in [0.2, 0.25) is 0 Å². The molecule has 1 aliphatic heterocycles. The van der Waals surface area contributed by atoms with Gasteiger partial charge in [-0.25, -0.2) is 15.0 Å². The van der Waals surface area contributed by atoms with Crippen LogP contribution >= 0.6 is 11.3 Å². The van der Waals surface area contributed by atoms with Crippen LogP contribution in [0.3, 0.4) is 0 Å². The van der Waals surface area contributed by atoms with Crippen LogP contribution in [0, 0.1) is 0 Å². The molecule has 1 saturated heterocycles. The number of nitrogens with one attached hydrogen (secondary N) is 1. The number of ether oxygens (including phenoxy) is 1. The van der Waals surface area contributed by atoms with E-state index in [0.29, 0.717) is 22.3 Å². The van der Waals surface area contributed by atoms with Gasteiger partial charge in [0.2, 0.25) is 11.8 Å². The van der Waals surface area contributed by atoms with Gasteiger partial charge in [-0.3, -0.25) is 9.69 Å². The van der Waals surface area contributed by atoms with Gasteiger partial charge in [0.05, 0.1) is 10.7 Å². The fraction of sp³-hybridized carbons (Fsp3) is 0.200. The number of piperazine rings is 1. The lowest BCUT2D eigenvalue weighted by Gasteiger charge is -2.40. The van der Waals surface area contributed by atoms with Gasteiger partial charge in [-0.05, 0) is 23.3 Å². The van der Waals surface area contributed by atoms with Gasteiger partial charge in [-0.1, -0.05) is 78.1 Å². The molecule has 3 heterocycles. The Morgan fingerprint density at radius 1 is 0.897 bits per heavy atom. The molecule has 0 radical (unpaired) electrons. The molecule has 3 aromatic carbocycles. The Balaban J connectivity index is 1.18. The first kappa shape index (κ1) is 25.0. The topological polar surface area (TPSA) is 83.5 Å². The number of amides is 1. The molecule has 0 bridgehead atoms. The summed E-state index contributed by atoms with van der Waals surface area (Å²) in [4.78, 5) is 29.7. The molecule has 0 aliphatic carbocycles. The van der Waals surface area contributed by atoms with Gasteiger partial charge in [0.25, 0.3) is 0 Å². The van der Waals surface area contributed by atoms with Gasteiger partial charge >= 0.3 is 0 Å². The van der Waals surface area contributed by atoms with Crippen LogP contribution in [0.5, 0.6) is 11.6 Å². The number of hydrogen-bond donors (Lipinski definition) is 1. The van der Waals surface area contributed by atoms with E-state index in [4.69, 9.17) is 4.74 Å². The van der Waals surface area contributed by atoms with Crippen molar-refractivity contribution in [2.75, 3.05) is 36.4 Å². The van der Waals surface area contributed by atoms with E-state index in [-0.39, 0.29) is 11.9 Å². The summed E-state index contributed by atoms with van der Waals surface area (Å²) in [5, 5.41) is 3.29. The first-order chi connectivity index (χ1) is 19.1. The van der Waals surface area contributed by atoms with Gasteiger partial charge in [0.15, 0.2) is 10.9 Å². The largest absolute Gasteiger partial charge is 0.437 e. The van der Waals surface area contributed by atoms with Crippen molar-refractivity contribution in [3.63, 3.8) is 0 Å². The number of anilines is 2. The zero-order valence-corrected chi connectivity index (χ0v) is 22.3. The summed E-state index contributed by atoms with van der Waals surface area (Å²) in [7, 11) is 0. The van der Waals surface area contributed by atoms with Crippen molar-refractivity contribution in [1.29, 1.82) is 0 Å². The van der Waals surface area contributed by atoms with Crippen molar-refractivity contribution in [2.45, 2.75) is 13.0 Å². The molecule has 1 aliphatic rings. The molecule has 1 N–H and O–H groups in total. The Labute approximate surface area is 230 Å². The van der Waals surface area contributed by atoms with Crippen molar-refractivity contribution in [3.05, 3.63) is 102 Å². The molecular weight excluding hydrogens is 508 g/mol. The average Bonchev–Trinajstić information content (AvgIpc) is 3.38. The summed E-state index contributed by atoms with van der Waals surface area (Å²) in [5.74, 6) is 1.72. The predicted octanol–water partition coefficient (Wildman–Crippen LogP) is 5.75. The quantitative estimate of drug-likeness (QED) is 0.284. The molecule has 0 spiro atoms. The second-order valence-electron chi connectivity index (χ2n) is 9.37. The number of aromatic nitrogens is 3. The number of carbonyl (C=O) groups excluding carboxylic acids is 1. The third kappa shape index (κ3) is 5.59. The SMILES string of the molecule is CC(=O)Nc1nc2c(Oc3cc(N4CCN(C(c5ccccc5)c5ccccc5)CC4)ncn3)cccc2s1. The van der Waals surface area contributed by atoms with Crippen molar-refractivity contribution >= 4 is 38.4 Å². The number of hydrogen-bond acceptors (Lipinski definition) is 8. The zero-order chi connectivity index (χ0) is 26.6. The van der Waals surface area contributed by atoms with Gasteiger partial charge < -0.3 is 15.0 Å². The van der Waals surface area contributed by atoms with E-state index in [0.717, 1.165) is 36.7 Å². The van der Waals surface area contributed by atoms with Crippen molar-refractivity contribution in [3.8, 4) is 11.6 Å². The molecule has 8 nitrogen and oxygen atoms in total. The molecule has 1 fully saturated rings. The predicted molar refractivity (Wildman–Crippen MR) is 155 cm³/mol. The summed E-state index contributed by atoms with van der Waals surface area (Å²) in [5.41, 5.74) is 3.29. The molecular formula is C30H28N6O2S. The van der Waals surface area contributed by atoms with Crippen LogP contribution in [0.15, 0.2) is 91.3 Å². The van der Waals surface area contributed by atoms with Gasteiger partial charge in [0, 0.05) is 39.2 Å². The van der Waals surface area contributed by atoms with E-state index >= 15 is 0 Å². The smallest absolute Gasteiger partial charge is 0.224 e. The molecule has 196 valence electrons. The standard InChI is InChI=1S/C30H28N6O2S/c1-21(37)33-30-34-28-24(13-8-14-25(28)39-30)38-27-19-26(31-20-32-27)35-15-17-36(18-16-35)29(22-9-4-2-5-10-22)23-11-6-3-7-12-23/h2-14,19-20,29H,15-18H2,1H3,(H,33,34,37). The molecule has 6 rings (SSSR count). The summed E-state index contributed by atoms with van der Waals surface area (Å²) < 4.78 is 7.08. The molecule has 1 amide bonds. The Hall–Kier alpha value is -4.34. The van der Waals surface area contributed by atoms with Crippen LogP contribution in [-0.4, -0.2) is 51.9 Å². The summed E-state index contributed by atoms with van der Waals surface area (Å²) in [6.45, 7) is 4.95. The normalized spacial score (nSPS) is 14.1. The summed E-state index contributed by atoms with van der Waals surface area (Å²) in [6, 6.07) is 29.2. The van der Waals surface area contributed by atoms with Crippen LogP contribution < -0.4 is 15.0 Å². The highest BCUT2D eigenvalue weighted by molar-refractivity contribution is 7.22. The monoisotopic (exact) mass is 536 g/mol. The maximum atomic E-state index is 11.5. The van der Waals surface area contributed by atoms with Crippen molar-refractivity contribution in [2.24, 2.45) is 0 Å². The Kier molecular flexibility index (Phi) is 7.16. The Bertz CT molecular complexity index is 1530. The van der Waals surface area contributed by atoms with Crippen molar-refractivity contribution < 1.29 is 9.53 Å². The number of rotatable bonds is 7. The molecule has 9 heteroatoms. The maximum absolute atomic E-state index is 11.5. The van der Waals surface area contributed by atoms with Crippen LogP contribution in [0.25, 0.3) is 10.2 Å². The van der Waals surface area contributed by atoms with Crippen LogP contribution in [0.1, 0.15) is 24.1 Å². The maximum Gasteiger partial charge on any atom is 0.224 e.